The molecule has 9 heteroatoms. The molecule has 1 fully saturated rings. The Morgan fingerprint density at radius 1 is 1.31 bits per heavy atom. The van der Waals surface area contributed by atoms with Crippen LogP contribution in [0.15, 0.2) is 29.4 Å². The molecule has 26 heavy (non-hydrogen) atoms. The summed E-state index contributed by atoms with van der Waals surface area (Å²) in [5.41, 5.74) is 0.837. The van der Waals surface area contributed by atoms with Gasteiger partial charge >= 0.3 is 6.03 Å². The third-order valence-corrected chi connectivity index (χ3v) is 4.85. The van der Waals surface area contributed by atoms with E-state index in [0.717, 1.165) is 18.4 Å². The molecule has 1 aliphatic carbocycles. The van der Waals surface area contributed by atoms with Crippen LogP contribution < -0.4 is 15.4 Å². The van der Waals surface area contributed by atoms with Gasteiger partial charge in [-0.2, -0.15) is 0 Å². The van der Waals surface area contributed by atoms with Gasteiger partial charge in [-0.3, -0.25) is 10.1 Å². The molecule has 0 unspecified atom stereocenters. The smallest absolute Gasteiger partial charge is 0.321 e. The summed E-state index contributed by atoms with van der Waals surface area (Å²) in [6.45, 7) is 2.63. The molecule has 0 bridgehead atoms. The summed E-state index contributed by atoms with van der Waals surface area (Å²) in [7, 11) is 1.61. The standard InChI is InChI=1S/C17H21N5O3S/c1-3-22-15(12-6-4-5-7-13(12)25-2)20-21-17(22)26-10-14(23)19-16(24)18-11-8-9-11/h4-7,11H,3,8-10H2,1-2H3,(H2,18,19,23,24). The molecule has 3 rings (SSSR count). The van der Waals surface area contributed by atoms with Gasteiger partial charge in [0.2, 0.25) is 5.91 Å². The van der Waals surface area contributed by atoms with E-state index >= 15 is 0 Å². The first-order valence-electron chi connectivity index (χ1n) is 8.42. The first kappa shape index (κ1) is 18.2. The normalized spacial score (nSPS) is 13.3. The van der Waals surface area contributed by atoms with Crippen molar-refractivity contribution in [2.45, 2.75) is 37.5 Å². The molecule has 0 spiro atoms. The summed E-state index contributed by atoms with van der Waals surface area (Å²) < 4.78 is 7.31. The Labute approximate surface area is 155 Å². The van der Waals surface area contributed by atoms with Crippen molar-refractivity contribution in [3.05, 3.63) is 24.3 Å². The molecule has 138 valence electrons. The van der Waals surface area contributed by atoms with Crippen LogP contribution in [0.3, 0.4) is 0 Å². The summed E-state index contributed by atoms with van der Waals surface area (Å²) in [6, 6.07) is 7.35. The van der Waals surface area contributed by atoms with Gasteiger partial charge in [-0.05, 0) is 31.9 Å². The molecule has 3 amide bonds. The van der Waals surface area contributed by atoms with Gasteiger partial charge in [0.25, 0.3) is 0 Å². The predicted octanol–water partition coefficient (Wildman–Crippen LogP) is 2.05. The van der Waals surface area contributed by atoms with Gasteiger partial charge in [0.15, 0.2) is 11.0 Å². The second kappa shape index (κ2) is 8.22. The lowest BCUT2D eigenvalue weighted by molar-refractivity contribution is -0.117. The molecular formula is C17H21N5O3S. The number of hydrogen-bond donors (Lipinski definition) is 2. The number of nitrogens with zero attached hydrogens (tertiary/aromatic N) is 3. The number of nitrogens with one attached hydrogen (secondary N) is 2. The van der Waals surface area contributed by atoms with Crippen molar-refractivity contribution in [3.63, 3.8) is 0 Å². The zero-order valence-electron chi connectivity index (χ0n) is 14.7. The van der Waals surface area contributed by atoms with Crippen molar-refractivity contribution in [1.29, 1.82) is 0 Å². The summed E-state index contributed by atoms with van der Waals surface area (Å²) >= 11 is 1.24. The van der Waals surface area contributed by atoms with Gasteiger partial charge in [0, 0.05) is 12.6 Å². The van der Waals surface area contributed by atoms with Crippen LogP contribution in [0.5, 0.6) is 5.75 Å². The zero-order valence-corrected chi connectivity index (χ0v) is 15.5. The Morgan fingerprint density at radius 2 is 2.08 bits per heavy atom. The van der Waals surface area contributed by atoms with E-state index in [1.165, 1.54) is 11.8 Å². The number of urea groups is 1. The van der Waals surface area contributed by atoms with E-state index in [4.69, 9.17) is 4.74 Å². The van der Waals surface area contributed by atoms with Gasteiger partial charge in [0.1, 0.15) is 5.75 Å². The lowest BCUT2D eigenvalue weighted by atomic mass is 10.2. The van der Waals surface area contributed by atoms with E-state index in [-0.39, 0.29) is 17.7 Å². The average molecular weight is 375 g/mol. The van der Waals surface area contributed by atoms with E-state index in [2.05, 4.69) is 20.8 Å². The lowest BCUT2D eigenvalue weighted by Gasteiger charge is -2.10. The Bertz CT molecular complexity index is 803. The molecule has 2 N–H and O–H groups in total. The van der Waals surface area contributed by atoms with Crippen molar-refractivity contribution in [1.82, 2.24) is 25.4 Å². The van der Waals surface area contributed by atoms with Crippen LogP contribution >= 0.6 is 11.8 Å². The Balaban J connectivity index is 1.66. The topological polar surface area (TPSA) is 98.1 Å². The van der Waals surface area contributed by atoms with Gasteiger partial charge in [-0.15, -0.1) is 10.2 Å². The molecule has 1 heterocycles. The highest BCUT2D eigenvalue weighted by molar-refractivity contribution is 7.99. The Hall–Kier alpha value is -2.55. The summed E-state index contributed by atoms with van der Waals surface area (Å²) in [5, 5.41) is 14.1. The third kappa shape index (κ3) is 4.34. The van der Waals surface area contributed by atoms with Crippen LogP contribution in [0.25, 0.3) is 11.4 Å². The molecule has 0 saturated heterocycles. The van der Waals surface area contributed by atoms with E-state index in [1.54, 1.807) is 7.11 Å². The molecule has 0 radical (unpaired) electrons. The first-order valence-corrected chi connectivity index (χ1v) is 9.40. The maximum Gasteiger partial charge on any atom is 0.321 e. The fraction of sp³-hybridized carbons (Fsp3) is 0.412. The maximum atomic E-state index is 11.9. The molecule has 0 aliphatic heterocycles. The zero-order chi connectivity index (χ0) is 18.5. The lowest BCUT2D eigenvalue weighted by Crippen LogP contribution is -2.41. The number of amides is 3. The largest absolute Gasteiger partial charge is 0.496 e. The van der Waals surface area contributed by atoms with E-state index in [9.17, 15) is 9.59 Å². The predicted molar refractivity (Wildman–Crippen MR) is 98.1 cm³/mol. The highest BCUT2D eigenvalue weighted by atomic mass is 32.2. The molecule has 1 aliphatic rings. The number of carbonyl (C=O) groups excluding carboxylic acids is 2. The average Bonchev–Trinajstić information content (AvgIpc) is 3.35. The number of methoxy groups -OCH3 is 1. The molecule has 0 atom stereocenters. The van der Waals surface area contributed by atoms with Crippen molar-refractivity contribution in [2.75, 3.05) is 12.9 Å². The van der Waals surface area contributed by atoms with Crippen LogP contribution in [0.2, 0.25) is 0 Å². The first-order chi connectivity index (χ1) is 12.6. The van der Waals surface area contributed by atoms with Crippen molar-refractivity contribution < 1.29 is 14.3 Å². The summed E-state index contributed by atoms with van der Waals surface area (Å²) in [4.78, 5) is 23.5. The van der Waals surface area contributed by atoms with Gasteiger partial charge < -0.3 is 14.6 Å². The molecular weight excluding hydrogens is 354 g/mol. The Morgan fingerprint density at radius 3 is 2.77 bits per heavy atom. The van der Waals surface area contributed by atoms with E-state index in [0.29, 0.717) is 23.3 Å². The quantitative estimate of drug-likeness (QED) is 0.719. The van der Waals surface area contributed by atoms with Gasteiger partial charge in [0.05, 0.1) is 18.4 Å². The second-order valence-electron chi connectivity index (χ2n) is 5.84. The summed E-state index contributed by atoms with van der Waals surface area (Å²) in [6.07, 6.45) is 1.95. The highest BCUT2D eigenvalue weighted by Gasteiger charge is 2.24. The molecule has 8 nitrogen and oxygen atoms in total. The number of hydrogen-bond acceptors (Lipinski definition) is 6. The van der Waals surface area contributed by atoms with Crippen molar-refractivity contribution in [3.8, 4) is 17.1 Å². The monoisotopic (exact) mass is 375 g/mol. The number of rotatable bonds is 7. The number of para-hydroxylation sites is 1. The minimum Gasteiger partial charge on any atom is -0.496 e. The minimum atomic E-state index is -0.440. The van der Waals surface area contributed by atoms with Crippen LogP contribution in [-0.2, 0) is 11.3 Å². The van der Waals surface area contributed by atoms with Crippen LogP contribution in [-0.4, -0.2) is 45.6 Å². The fourth-order valence-electron chi connectivity index (χ4n) is 2.45. The maximum absolute atomic E-state index is 11.9. The third-order valence-electron chi connectivity index (χ3n) is 3.88. The number of benzene rings is 1. The molecule has 1 aromatic heterocycles. The van der Waals surface area contributed by atoms with E-state index in [1.807, 2.05) is 35.8 Å². The van der Waals surface area contributed by atoms with Crippen LogP contribution in [0.4, 0.5) is 4.79 Å². The fourth-order valence-corrected chi connectivity index (χ4v) is 3.25. The number of thioether (sulfide) groups is 1. The number of carbonyl (C=O) groups is 2. The SMILES string of the molecule is CCn1c(SCC(=O)NC(=O)NC2CC2)nnc1-c1ccccc1OC. The second-order valence-corrected chi connectivity index (χ2v) is 6.78. The molecule has 1 saturated carbocycles. The molecule has 1 aromatic carbocycles. The number of imide groups is 1. The van der Waals surface area contributed by atoms with Crippen molar-refractivity contribution >= 4 is 23.7 Å². The van der Waals surface area contributed by atoms with Crippen molar-refractivity contribution in [2.24, 2.45) is 0 Å². The number of aromatic nitrogens is 3. The minimum absolute atomic E-state index is 0.0855. The van der Waals surface area contributed by atoms with E-state index < -0.39 is 6.03 Å². The Kier molecular flexibility index (Phi) is 5.77. The summed E-state index contributed by atoms with van der Waals surface area (Å²) in [5.74, 6) is 1.11. The van der Waals surface area contributed by atoms with Crippen LogP contribution in [0, 0.1) is 0 Å². The highest BCUT2D eigenvalue weighted by Crippen LogP contribution is 2.30. The van der Waals surface area contributed by atoms with Crippen LogP contribution in [0.1, 0.15) is 19.8 Å². The van der Waals surface area contributed by atoms with Gasteiger partial charge in [-0.25, -0.2) is 4.79 Å². The number of ether oxygens (including phenoxy) is 1. The van der Waals surface area contributed by atoms with Gasteiger partial charge in [-0.1, -0.05) is 23.9 Å². The molecule has 2 aromatic rings.